The molecule has 2 aromatic rings. The molecule has 0 amide bonds. The first-order chi connectivity index (χ1) is 9.02. The minimum absolute atomic E-state index is 0.275. The van der Waals surface area contributed by atoms with Crippen molar-refractivity contribution in [3.8, 4) is 5.69 Å². The van der Waals surface area contributed by atoms with E-state index in [-0.39, 0.29) is 11.3 Å². The van der Waals surface area contributed by atoms with Crippen LogP contribution in [0.2, 0.25) is 0 Å². The molecular weight excluding hydrogens is 312 g/mol. The third-order valence-electron chi connectivity index (χ3n) is 2.70. The Morgan fingerprint density at radius 1 is 1.37 bits per heavy atom. The molecule has 0 saturated carbocycles. The average Bonchev–Trinajstić information content (AvgIpc) is 2.41. The molecule has 1 aromatic carbocycles. The van der Waals surface area contributed by atoms with Crippen molar-refractivity contribution >= 4 is 15.9 Å². The predicted molar refractivity (Wildman–Crippen MR) is 74.2 cm³/mol. The molecule has 0 spiro atoms. The maximum atomic E-state index is 11.8. The summed E-state index contributed by atoms with van der Waals surface area (Å²) >= 11 is 3.41. The van der Waals surface area contributed by atoms with Gasteiger partial charge in [-0.05, 0) is 30.7 Å². The van der Waals surface area contributed by atoms with Gasteiger partial charge in [-0.25, -0.2) is 0 Å². The Hall–Kier alpha value is -1.50. The van der Waals surface area contributed by atoms with Crippen LogP contribution in [-0.4, -0.2) is 22.0 Å². The second kappa shape index (κ2) is 5.64. The van der Waals surface area contributed by atoms with Crippen molar-refractivity contribution in [2.24, 2.45) is 0 Å². The molecule has 0 aliphatic rings. The fourth-order valence-corrected chi connectivity index (χ4v) is 1.94. The Morgan fingerprint density at radius 2 is 2.11 bits per heavy atom. The van der Waals surface area contributed by atoms with Gasteiger partial charge in [-0.15, -0.1) is 0 Å². The SMILES string of the molecule is COC(O)c1ccc(=O)n(-c2ccc(C)c(Br)c2)n1. The van der Waals surface area contributed by atoms with Gasteiger partial charge in [-0.2, -0.15) is 9.78 Å². The molecular formula is C13H13BrN2O3. The highest BCUT2D eigenvalue weighted by Crippen LogP contribution is 2.19. The number of aliphatic hydroxyl groups excluding tert-OH is 1. The van der Waals surface area contributed by atoms with Gasteiger partial charge >= 0.3 is 0 Å². The fourth-order valence-electron chi connectivity index (χ4n) is 1.58. The molecule has 1 atom stereocenters. The van der Waals surface area contributed by atoms with Crippen molar-refractivity contribution in [3.05, 3.63) is 56.4 Å². The van der Waals surface area contributed by atoms with E-state index in [4.69, 9.17) is 4.74 Å². The van der Waals surface area contributed by atoms with Gasteiger partial charge in [0.25, 0.3) is 5.56 Å². The van der Waals surface area contributed by atoms with E-state index in [0.717, 1.165) is 10.0 Å². The number of halogens is 1. The van der Waals surface area contributed by atoms with Crippen molar-refractivity contribution in [3.63, 3.8) is 0 Å². The molecule has 0 fully saturated rings. The van der Waals surface area contributed by atoms with E-state index in [1.54, 1.807) is 12.1 Å². The van der Waals surface area contributed by atoms with Gasteiger partial charge in [-0.1, -0.05) is 22.0 Å². The topological polar surface area (TPSA) is 64.3 Å². The van der Waals surface area contributed by atoms with E-state index in [9.17, 15) is 9.90 Å². The van der Waals surface area contributed by atoms with Gasteiger partial charge in [0.05, 0.1) is 5.69 Å². The lowest BCUT2D eigenvalue weighted by Gasteiger charge is -2.11. The summed E-state index contributed by atoms with van der Waals surface area (Å²) in [5.74, 6) is 0. The lowest BCUT2D eigenvalue weighted by atomic mass is 10.2. The van der Waals surface area contributed by atoms with Crippen molar-refractivity contribution in [1.29, 1.82) is 0 Å². The first kappa shape index (κ1) is 13.9. The van der Waals surface area contributed by atoms with E-state index in [2.05, 4.69) is 21.0 Å². The highest BCUT2D eigenvalue weighted by molar-refractivity contribution is 9.10. The van der Waals surface area contributed by atoms with Gasteiger partial charge in [0, 0.05) is 17.6 Å². The van der Waals surface area contributed by atoms with Crippen LogP contribution in [0.3, 0.4) is 0 Å². The zero-order valence-electron chi connectivity index (χ0n) is 10.5. The third-order valence-corrected chi connectivity index (χ3v) is 3.55. The molecule has 2 rings (SSSR count). The predicted octanol–water partition coefficient (Wildman–Crippen LogP) is 1.94. The largest absolute Gasteiger partial charge is 0.363 e. The van der Waals surface area contributed by atoms with Crippen molar-refractivity contribution in [1.82, 2.24) is 9.78 Å². The molecule has 1 N–H and O–H groups in total. The normalized spacial score (nSPS) is 12.4. The molecule has 1 heterocycles. The number of nitrogens with zero attached hydrogens (tertiary/aromatic N) is 2. The van der Waals surface area contributed by atoms with Crippen LogP contribution in [0.1, 0.15) is 17.5 Å². The maximum Gasteiger partial charge on any atom is 0.271 e. The molecule has 1 aromatic heterocycles. The summed E-state index contributed by atoms with van der Waals surface area (Å²) in [5.41, 5.74) is 1.68. The summed E-state index contributed by atoms with van der Waals surface area (Å²) in [6.45, 7) is 1.95. The Bertz CT molecular complexity index is 655. The molecule has 0 bridgehead atoms. The third kappa shape index (κ3) is 2.91. The number of methoxy groups -OCH3 is 1. The highest BCUT2D eigenvalue weighted by atomic mass is 79.9. The summed E-state index contributed by atoms with van der Waals surface area (Å²) in [6, 6.07) is 8.26. The first-order valence-electron chi connectivity index (χ1n) is 5.60. The number of benzene rings is 1. The molecule has 19 heavy (non-hydrogen) atoms. The van der Waals surface area contributed by atoms with Gasteiger partial charge in [0.1, 0.15) is 5.69 Å². The zero-order chi connectivity index (χ0) is 14.0. The Morgan fingerprint density at radius 3 is 2.74 bits per heavy atom. The summed E-state index contributed by atoms with van der Waals surface area (Å²) < 4.78 is 6.89. The smallest absolute Gasteiger partial charge is 0.271 e. The molecule has 0 radical (unpaired) electrons. The fraction of sp³-hybridized carbons (Fsp3) is 0.231. The Balaban J connectivity index is 2.54. The van der Waals surface area contributed by atoms with Crippen LogP contribution in [0.4, 0.5) is 0 Å². The average molecular weight is 325 g/mol. The van der Waals surface area contributed by atoms with Crippen molar-refractivity contribution in [2.75, 3.05) is 7.11 Å². The molecule has 0 aliphatic heterocycles. The van der Waals surface area contributed by atoms with Crippen LogP contribution in [0, 0.1) is 6.92 Å². The molecule has 5 nitrogen and oxygen atoms in total. The van der Waals surface area contributed by atoms with E-state index in [1.807, 2.05) is 13.0 Å². The lowest BCUT2D eigenvalue weighted by Crippen LogP contribution is -2.22. The number of aryl methyl sites for hydroxylation is 1. The lowest BCUT2D eigenvalue weighted by molar-refractivity contribution is -0.0807. The first-order valence-corrected chi connectivity index (χ1v) is 6.40. The van der Waals surface area contributed by atoms with E-state index < -0.39 is 6.29 Å². The summed E-state index contributed by atoms with van der Waals surface area (Å²) in [6.07, 6.45) is -1.15. The number of ether oxygens (including phenoxy) is 1. The molecule has 1 unspecified atom stereocenters. The van der Waals surface area contributed by atoms with Gasteiger partial charge < -0.3 is 9.84 Å². The van der Waals surface area contributed by atoms with Gasteiger partial charge in [0.15, 0.2) is 6.29 Å². The van der Waals surface area contributed by atoms with Gasteiger partial charge in [0.2, 0.25) is 0 Å². The van der Waals surface area contributed by atoms with Crippen LogP contribution >= 0.6 is 15.9 Å². The van der Waals surface area contributed by atoms with Crippen LogP contribution in [0.5, 0.6) is 0 Å². The second-order valence-corrected chi connectivity index (χ2v) is 4.88. The summed E-state index contributed by atoms with van der Waals surface area (Å²) in [5, 5.41) is 13.7. The van der Waals surface area contributed by atoms with Crippen molar-refractivity contribution < 1.29 is 9.84 Å². The Labute approximate surface area is 118 Å². The molecule has 0 aliphatic carbocycles. The van der Waals surface area contributed by atoms with Crippen LogP contribution in [0.15, 0.2) is 39.6 Å². The van der Waals surface area contributed by atoms with E-state index in [0.29, 0.717) is 5.69 Å². The van der Waals surface area contributed by atoms with Crippen LogP contribution < -0.4 is 5.56 Å². The number of rotatable bonds is 3. The highest BCUT2D eigenvalue weighted by Gasteiger charge is 2.11. The second-order valence-electron chi connectivity index (χ2n) is 4.03. The summed E-state index contributed by atoms with van der Waals surface area (Å²) in [7, 11) is 1.37. The number of hydrogen-bond acceptors (Lipinski definition) is 4. The Kier molecular flexibility index (Phi) is 4.14. The number of aromatic nitrogens is 2. The molecule has 100 valence electrons. The van der Waals surface area contributed by atoms with Gasteiger partial charge in [-0.3, -0.25) is 4.79 Å². The minimum Gasteiger partial charge on any atom is -0.363 e. The number of hydrogen-bond donors (Lipinski definition) is 1. The minimum atomic E-state index is -1.15. The van der Waals surface area contributed by atoms with Crippen molar-refractivity contribution in [2.45, 2.75) is 13.2 Å². The zero-order valence-corrected chi connectivity index (χ0v) is 12.1. The molecule has 0 saturated heterocycles. The number of aliphatic hydroxyl groups is 1. The quantitative estimate of drug-likeness (QED) is 0.876. The summed E-state index contributed by atoms with van der Waals surface area (Å²) in [4.78, 5) is 11.8. The monoisotopic (exact) mass is 324 g/mol. The van der Waals surface area contributed by atoms with Crippen LogP contribution in [0.25, 0.3) is 5.69 Å². The molecule has 6 heteroatoms. The van der Waals surface area contributed by atoms with Crippen LogP contribution in [-0.2, 0) is 4.74 Å². The van der Waals surface area contributed by atoms with E-state index >= 15 is 0 Å². The van der Waals surface area contributed by atoms with E-state index in [1.165, 1.54) is 23.9 Å². The standard InChI is InChI=1S/C13H13BrN2O3/c1-8-3-4-9(7-10(8)14)16-12(17)6-5-11(15-16)13(18)19-2/h3-7,13,18H,1-2H3. The maximum absolute atomic E-state index is 11.8.